The van der Waals surface area contributed by atoms with Crippen LogP contribution in [0.25, 0.3) is 21.9 Å². The highest BCUT2D eigenvalue weighted by atomic mass is 16.7. The van der Waals surface area contributed by atoms with E-state index >= 15 is 0 Å². The number of aryl methyl sites for hydroxylation is 1. The van der Waals surface area contributed by atoms with Crippen molar-refractivity contribution in [2.24, 2.45) is 0 Å². The molecule has 0 unspecified atom stereocenters. The lowest BCUT2D eigenvalue weighted by atomic mass is 10.2. The smallest absolute Gasteiger partial charge is 0.286 e. The van der Waals surface area contributed by atoms with Crippen LogP contribution in [0.2, 0.25) is 0 Å². The Kier molecular flexibility index (Phi) is 9.21. The maximum atomic E-state index is 12.0. The first-order chi connectivity index (χ1) is 16.5. The summed E-state index contributed by atoms with van der Waals surface area (Å²) in [5.41, 5.74) is 8.54. The van der Waals surface area contributed by atoms with Crippen LogP contribution < -0.4 is 10.6 Å². The monoisotopic (exact) mass is 468 g/mol. The Hall–Kier alpha value is -3.20. The van der Waals surface area contributed by atoms with Crippen LogP contribution in [0.1, 0.15) is 44.9 Å². The lowest BCUT2D eigenvalue weighted by Gasteiger charge is -2.21. The number of aldehydes is 1. The van der Waals surface area contributed by atoms with Crippen LogP contribution in [0.15, 0.2) is 24.3 Å². The molecule has 1 aromatic carbocycles. The molecule has 0 fully saturated rings. The van der Waals surface area contributed by atoms with Gasteiger partial charge in [-0.3, -0.25) is 9.59 Å². The number of aromatic nitrogens is 3. The van der Waals surface area contributed by atoms with Gasteiger partial charge >= 0.3 is 0 Å². The van der Waals surface area contributed by atoms with Gasteiger partial charge in [0.1, 0.15) is 23.5 Å². The van der Waals surface area contributed by atoms with E-state index in [1.165, 1.54) is 0 Å². The normalized spacial score (nSPS) is 11.4. The molecule has 0 atom stereocenters. The predicted octanol–water partition coefficient (Wildman–Crippen LogP) is 2.70. The molecule has 184 valence electrons. The number of unbranched alkanes of at least 4 members (excludes halogenated alkanes) is 2. The first-order valence-corrected chi connectivity index (χ1v) is 12.0. The van der Waals surface area contributed by atoms with Crippen LogP contribution in [-0.4, -0.2) is 77.0 Å². The number of nitrogens with zero attached hydrogens (tertiary/aromatic N) is 5. The van der Waals surface area contributed by atoms with Gasteiger partial charge in [0.15, 0.2) is 5.82 Å². The van der Waals surface area contributed by atoms with E-state index < -0.39 is 5.91 Å². The fourth-order valence-corrected chi connectivity index (χ4v) is 4.00. The molecule has 0 bridgehead atoms. The van der Waals surface area contributed by atoms with Crippen LogP contribution in [0.3, 0.4) is 0 Å². The second-order valence-electron chi connectivity index (χ2n) is 8.78. The minimum absolute atomic E-state index is 0.396. The number of para-hydroxylation sites is 1. The summed E-state index contributed by atoms with van der Waals surface area (Å²) in [5, 5.41) is 0.950. The number of nitrogen functional groups attached to an aromatic ring is 1. The van der Waals surface area contributed by atoms with Crippen molar-refractivity contribution in [3.63, 3.8) is 0 Å². The van der Waals surface area contributed by atoms with E-state index in [1.807, 2.05) is 43.1 Å². The van der Waals surface area contributed by atoms with Gasteiger partial charge in [-0.25, -0.2) is 9.97 Å². The number of rotatable bonds is 14. The standard InChI is InChI=1S/C25H36N6O3/c1-4-5-13-21-28-23-24(19-11-6-7-12-20(19)27-25(23)26)31(21)34-17-9-8-15-30(22(33)18-32)16-10-14-29(2)3/h6-7,11-12,18H,4-5,8-10,13-17H2,1-3H3,(H2,26,27). The lowest BCUT2D eigenvalue weighted by molar-refractivity contribution is -0.139. The van der Waals surface area contributed by atoms with E-state index in [0.717, 1.165) is 67.3 Å². The minimum Gasteiger partial charge on any atom is -0.412 e. The summed E-state index contributed by atoms with van der Waals surface area (Å²) in [7, 11) is 3.98. The lowest BCUT2D eigenvalue weighted by Crippen LogP contribution is -2.35. The highest BCUT2D eigenvalue weighted by molar-refractivity contribution is 6.23. The van der Waals surface area contributed by atoms with Gasteiger partial charge in [-0.2, -0.15) is 4.73 Å². The molecule has 0 saturated carbocycles. The van der Waals surface area contributed by atoms with Crippen molar-refractivity contribution in [1.29, 1.82) is 0 Å². The number of nitrogens with two attached hydrogens (primary N) is 1. The van der Waals surface area contributed by atoms with Gasteiger partial charge in [-0.15, -0.1) is 0 Å². The summed E-state index contributed by atoms with van der Waals surface area (Å²) in [4.78, 5) is 42.2. The molecule has 0 aliphatic rings. The van der Waals surface area contributed by atoms with Crippen LogP contribution in [0, 0.1) is 0 Å². The third kappa shape index (κ3) is 6.22. The molecular formula is C25H36N6O3. The number of benzene rings is 1. The van der Waals surface area contributed by atoms with Gasteiger partial charge < -0.3 is 20.4 Å². The summed E-state index contributed by atoms with van der Waals surface area (Å²) in [6.45, 7) is 4.57. The number of pyridine rings is 1. The number of amides is 1. The van der Waals surface area contributed by atoms with E-state index in [4.69, 9.17) is 15.6 Å². The average Bonchev–Trinajstić information content (AvgIpc) is 3.20. The van der Waals surface area contributed by atoms with Gasteiger partial charge in [-0.05, 0) is 52.4 Å². The van der Waals surface area contributed by atoms with E-state index in [-0.39, 0.29) is 0 Å². The number of carbonyl (C=O) groups excluding carboxylic acids is 2. The van der Waals surface area contributed by atoms with E-state index in [9.17, 15) is 9.59 Å². The Balaban J connectivity index is 1.70. The van der Waals surface area contributed by atoms with Crippen molar-refractivity contribution < 1.29 is 14.4 Å². The summed E-state index contributed by atoms with van der Waals surface area (Å²) < 4.78 is 1.82. The van der Waals surface area contributed by atoms with Crippen molar-refractivity contribution >= 4 is 39.9 Å². The van der Waals surface area contributed by atoms with Gasteiger partial charge in [0.25, 0.3) is 5.91 Å². The maximum Gasteiger partial charge on any atom is 0.286 e. The molecule has 3 rings (SSSR count). The first kappa shape index (κ1) is 25.4. The molecule has 0 radical (unpaired) electrons. The summed E-state index contributed by atoms with van der Waals surface area (Å²) in [5.74, 6) is 0.772. The number of hydrogen-bond acceptors (Lipinski definition) is 7. The van der Waals surface area contributed by atoms with Gasteiger partial charge in [0, 0.05) is 24.9 Å². The summed E-state index contributed by atoms with van der Waals surface area (Å²) >= 11 is 0. The van der Waals surface area contributed by atoms with Gasteiger partial charge in [0.2, 0.25) is 6.29 Å². The molecule has 34 heavy (non-hydrogen) atoms. The summed E-state index contributed by atoms with van der Waals surface area (Å²) in [6, 6.07) is 7.84. The Labute approximate surface area is 200 Å². The second kappa shape index (κ2) is 12.3. The van der Waals surface area contributed by atoms with Gasteiger partial charge in [0.05, 0.1) is 5.52 Å². The highest BCUT2D eigenvalue weighted by Crippen LogP contribution is 2.28. The zero-order valence-electron chi connectivity index (χ0n) is 20.5. The molecule has 0 saturated heterocycles. The molecule has 2 heterocycles. The van der Waals surface area contributed by atoms with Crippen molar-refractivity contribution in [1.82, 2.24) is 24.5 Å². The van der Waals surface area contributed by atoms with E-state index in [2.05, 4.69) is 16.8 Å². The molecule has 0 aliphatic heterocycles. The molecule has 2 N–H and O–H groups in total. The Morgan fingerprint density at radius 2 is 1.85 bits per heavy atom. The fraction of sp³-hybridized carbons (Fsp3) is 0.520. The predicted molar refractivity (Wildman–Crippen MR) is 135 cm³/mol. The minimum atomic E-state index is -0.462. The Morgan fingerprint density at radius 1 is 1.09 bits per heavy atom. The Morgan fingerprint density at radius 3 is 2.59 bits per heavy atom. The van der Waals surface area contributed by atoms with Crippen LogP contribution in [-0.2, 0) is 16.0 Å². The molecule has 1 amide bonds. The number of fused-ring (bicyclic) bond motifs is 3. The summed E-state index contributed by atoms with van der Waals surface area (Å²) in [6.07, 6.45) is 5.53. The molecule has 9 nitrogen and oxygen atoms in total. The van der Waals surface area contributed by atoms with Crippen molar-refractivity contribution in [3.8, 4) is 0 Å². The van der Waals surface area contributed by atoms with Crippen LogP contribution in [0.5, 0.6) is 0 Å². The van der Waals surface area contributed by atoms with E-state index in [0.29, 0.717) is 37.3 Å². The Bertz CT molecular complexity index is 1110. The van der Waals surface area contributed by atoms with Crippen LogP contribution >= 0.6 is 0 Å². The number of anilines is 1. The van der Waals surface area contributed by atoms with Crippen molar-refractivity contribution in [3.05, 3.63) is 30.1 Å². The van der Waals surface area contributed by atoms with Gasteiger partial charge in [-0.1, -0.05) is 31.5 Å². The first-order valence-electron chi connectivity index (χ1n) is 12.0. The van der Waals surface area contributed by atoms with Crippen LogP contribution in [0.4, 0.5) is 5.82 Å². The zero-order chi connectivity index (χ0) is 24.5. The molecule has 0 spiro atoms. The van der Waals surface area contributed by atoms with E-state index in [1.54, 1.807) is 4.90 Å². The molecule has 3 aromatic rings. The third-order valence-corrected chi connectivity index (χ3v) is 5.79. The average molecular weight is 469 g/mol. The maximum absolute atomic E-state index is 12.0. The largest absolute Gasteiger partial charge is 0.412 e. The molecule has 0 aliphatic carbocycles. The fourth-order valence-electron chi connectivity index (χ4n) is 4.00. The molecular weight excluding hydrogens is 432 g/mol. The second-order valence-corrected chi connectivity index (χ2v) is 8.78. The van der Waals surface area contributed by atoms with Crippen molar-refractivity contribution in [2.75, 3.05) is 46.1 Å². The van der Waals surface area contributed by atoms with Crippen molar-refractivity contribution in [2.45, 2.75) is 45.4 Å². The SMILES string of the molecule is CCCCc1nc2c(N)nc3ccccc3c2n1OCCCCN(CCCN(C)C)C(=O)C=O. The third-order valence-electron chi connectivity index (χ3n) is 5.79. The highest BCUT2D eigenvalue weighted by Gasteiger charge is 2.18. The quantitative estimate of drug-likeness (QED) is 0.220. The number of hydrogen-bond donors (Lipinski definition) is 1. The molecule has 2 aromatic heterocycles. The zero-order valence-corrected chi connectivity index (χ0v) is 20.5. The molecule has 9 heteroatoms. The number of imidazole rings is 1. The topological polar surface area (TPSA) is 107 Å². The number of carbonyl (C=O) groups is 2.